The van der Waals surface area contributed by atoms with Crippen LogP contribution in [0.4, 0.5) is 0 Å². The van der Waals surface area contributed by atoms with Gasteiger partial charge in [0.15, 0.2) is 11.5 Å². The van der Waals surface area contributed by atoms with Gasteiger partial charge in [-0.3, -0.25) is 0 Å². The van der Waals surface area contributed by atoms with E-state index in [-0.39, 0.29) is 0 Å². The third kappa shape index (κ3) is 10.7. The summed E-state index contributed by atoms with van der Waals surface area (Å²) in [5.74, 6) is 1.66. The molecule has 0 aliphatic rings. The van der Waals surface area contributed by atoms with Gasteiger partial charge in [0.05, 0.1) is 14.2 Å². The summed E-state index contributed by atoms with van der Waals surface area (Å²) < 4.78 is 10.7. The van der Waals surface area contributed by atoms with Gasteiger partial charge < -0.3 is 9.47 Å². The number of benzene rings is 1. The van der Waals surface area contributed by atoms with E-state index >= 15 is 0 Å². The molecule has 0 spiro atoms. The van der Waals surface area contributed by atoms with E-state index < -0.39 is 0 Å². The van der Waals surface area contributed by atoms with Crippen molar-refractivity contribution in [3.63, 3.8) is 0 Å². The molecular weight excluding hydrogens is 320 g/mol. The van der Waals surface area contributed by atoms with E-state index in [4.69, 9.17) is 9.47 Å². The minimum Gasteiger partial charge on any atom is -0.493 e. The summed E-state index contributed by atoms with van der Waals surface area (Å²) in [6, 6.07) is 6.28. The van der Waals surface area contributed by atoms with E-state index in [1.807, 2.05) is 6.07 Å². The molecule has 0 unspecified atom stereocenters. The number of hydrogen-bond donors (Lipinski definition) is 0. The van der Waals surface area contributed by atoms with Crippen LogP contribution in [-0.4, -0.2) is 14.2 Å². The Balaban J connectivity index is 1.92. The maximum atomic E-state index is 5.38. The van der Waals surface area contributed by atoms with Crippen molar-refractivity contribution in [2.75, 3.05) is 14.2 Å². The molecule has 2 heteroatoms. The molecule has 0 aromatic heterocycles. The van der Waals surface area contributed by atoms with Crippen LogP contribution in [0.1, 0.15) is 102 Å². The zero-order valence-electron chi connectivity index (χ0n) is 17.7. The van der Waals surface area contributed by atoms with E-state index in [0.717, 1.165) is 17.9 Å². The van der Waals surface area contributed by atoms with Gasteiger partial charge in [-0.25, -0.2) is 0 Å². The third-order valence-electron chi connectivity index (χ3n) is 5.27. The molecule has 0 aliphatic carbocycles. The highest BCUT2D eigenvalue weighted by atomic mass is 16.5. The molecular formula is C24H42O2. The number of rotatable bonds is 17. The second kappa shape index (κ2) is 16.0. The Labute approximate surface area is 162 Å². The SMILES string of the molecule is CCCCCCCCCCCCCCCCc1ccc(OC)c(OC)c1. The zero-order valence-corrected chi connectivity index (χ0v) is 17.7. The first-order valence-electron chi connectivity index (χ1n) is 11.0. The van der Waals surface area contributed by atoms with Crippen molar-refractivity contribution in [1.82, 2.24) is 0 Å². The van der Waals surface area contributed by atoms with Crippen molar-refractivity contribution in [3.05, 3.63) is 23.8 Å². The van der Waals surface area contributed by atoms with Crippen LogP contribution in [0.25, 0.3) is 0 Å². The lowest BCUT2D eigenvalue weighted by Crippen LogP contribution is -1.93. The summed E-state index contributed by atoms with van der Waals surface area (Å²) in [5.41, 5.74) is 1.35. The van der Waals surface area contributed by atoms with Gasteiger partial charge in [-0.05, 0) is 30.5 Å². The largest absolute Gasteiger partial charge is 0.493 e. The number of methoxy groups -OCH3 is 2. The molecule has 0 fully saturated rings. The van der Waals surface area contributed by atoms with Crippen molar-refractivity contribution < 1.29 is 9.47 Å². The molecule has 0 bridgehead atoms. The zero-order chi connectivity index (χ0) is 18.9. The smallest absolute Gasteiger partial charge is 0.160 e. The number of unbranched alkanes of at least 4 members (excludes halogenated alkanes) is 13. The minimum absolute atomic E-state index is 0.817. The molecule has 26 heavy (non-hydrogen) atoms. The van der Waals surface area contributed by atoms with Gasteiger partial charge in [-0.2, -0.15) is 0 Å². The highest BCUT2D eigenvalue weighted by molar-refractivity contribution is 5.42. The van der Waals surface area contributed by atoms with Crippen LogP contribution in [-0.2, 0) is 6.42 Å². The minimum atomic E-state index is 0.817. The Bertz CT molecular complexity index is 442. The molecule has 0 amide bonds. The molecule has 1 rings (SSSR count). The summed E-state index contributed by atoms with van der Waals surface area (Å²) in [6.07, 6.45) is 20.9. The molecule has 0 heterocycles. The molecule has 0 saturated heterocycles. The van der Waals surface area contributed by atoms with Crippen LogP contribution in [0.3, 0.4) is 0 Å². The maximum Gasteiger partial charge on any atom is 0.160 e. The molecule has 150 valence electrons. The first-order valence-corrected chi connectivity index (χ1v) is 11.0. The van der Waals surface area contributed by atoms with Crippen LogP contribution >= 0.6 is 0 Å². The van der Waals surface area contributed by atoms with Crippen LogP contribution in [0.5, 0.6) is 11.5 Å². The molecule has 0 radical (unpaired) electrons. The lowest BCUT2D eigenvalue weighted by Gasteiger charge is -2.09. The second-order valence-electron chi connectivity index (χ2n) is 7.54. The van der Waals surface area contributed by atoms with Crippen LogP contribution in [0.2, 0.25) is 0 Å². The quantitative estimate of drug-likeness (QED) is 0.264. The summed E-state index contributed by atoms with van der Waals surface area (Å²) in [4.78, 5) is 0. The lowest BCUT2D eigenvalue weighted by atomic mass is 10.0. The standard InChI is InChI=1S/C24H42O2/c1-4-5-6-7-8-9-10-11-12-13-14-15-16-17-18-22-19-20-23(25-2)24(21-22)26-3/h19-21H,4-18H2,1-3H3. The Hall–Kier alpha value is -1.18. The van der Waals surface area contributed by atoms with Crippen LogP contribution in [0, 0.1) is 0 Å². The van der Waals surface area contributed by atoms with Crippen molar-refractivity contribution in [2.24, 2.45) is 0 Å². The van der Waals surface area contributed by atoms with Gasteiger partial charge in [0.25, 0.3) is 0 Å². The van der Waals surface area contributed by atoms with Crippen molar-refractivity contribution in [2.45, 2.75) is 103 Å². The first kappa shape index (κ1) is 22.9. The molecule has 2 nitrogen and oxygen atoms in total. The van der Waals surface area contributed by atoms with Crippen LogP contribution in [0.15, 0.2) is 18.2 Å². The van der Waals surface area contributed by atoms with E-state index in [9.17, 15) is 0 Å². The fourth-order valence-corrected chi connectivity index (χ4v) is 3.56. The average molecular weight is 363 g/mol. The normalized spacial score (nSPS) is 10.9. The summed E-state index contributed by atoms with van der Waals surface area (Å²) in [5, 5.41) is 0. The van der Waals surface area contributed by atoms with Gasteiger partial charge >= 0.3 is 0 Å². The Morgan fingerprint density at radius 2 is 1.04 bits per heavy atom. The maximum absolute atomic E-state index is 5.38. The molecule has 0 saturated carbocycles. The van der Waals surface area contributed by atoms with Crippen molar-refractivity contribution in [1.29, 1.82) is 0 Å². The Morgan fingerprint density at radius 1 is 0.577 bits per heavy atom. The molecule has 1 aromatic carbocycles. The number of hydrogen-bond acceptors (Lipinski definition) is 2. The highest BCUT2D eigenvalue weighted by Gasteiger charge is 2.04. The Kier molecular flexibility index (Phi) is 14.1. The summed E-state index contributed by atoms with van der Waals surface area (Å²) >= 11 is 0. The van der Waals surface area contributed by atoms with Gasteiger partial charge in [0.2, 0.25) is 0 Å². The molecule has 0 N–H and O–H groups in total. The van der Waals surface area contributed by atoms with Crippen molar-refractivity contribution in [3.8, 4) is 11.5 Å². The van der Waals surface area contributed by atoms with Gasteiger partial charge in [-0.1, -0.05) is 96.5 Å². The first-order chi connectivity index (χ1) is 12.8. The fourth-order valence-electron chi connectivity index (χ4n) is 3.56. The average Bonchev–Trinajstić information content (AvgIpc) is 2.68. The lowest BCUT2D eigenvalue weighted by molar-refractivity contribution is 0.354. The van der Waals surface area contributed by atoms with E-state index in [2.05, 4.69) is 19.1 Å². The number of ether oxygens (including phenoxy) is 2. The summed E-state index contributed by atoms with van der Waals surface area (Å²) in [7, 11) is 3.39. The third-order valence-corrected chi connectivity index (χ3v) is 5.27. The molecule has 0 atom stereocenters. The molecule has 0 aliphatic heterocycles. The predicted molar refractivity (Wildman–Crippen MR) is 114 cm³/mol. The molecule has 1 aromatic rings. The monoisotopic (exact) mass is 362 g/mol. The number of aryl methyl sites for hydroxylation is 1. The van der Waals surface area contributed by atoms with Crippen LogP contribution < -0.4 is 9.47 Å². The van der Waals surface area contributed by atoms with Gasteiger partial charge in [-0.15, -0.1) is 0 Å². The van der Waals surface area contributed by atoms with Gasteiger partial charge in [0, 0.05) is 0 Å². The predicted octanol–water partition coefficient (Wildman–Crippen LogP) is 7.73. The van der Waals surface area contributed by atoms with Gasteiger partial charge in [0.1, 0.15) is 0 Å². The van der Waals surface area contributed by atoms with E-state index in [1.165, 1.54) is 95.5 Å². The fraction of sp³-hybridized carbons (Fsp3) is 0.750. The second-order valence-corrected chi connectivity index (χ2v) is 7.54. The van der Waals surface area contributed by atoms with Crippen molar-refractivity contribution >= 4 is 0 Å². The highest BCUT2D eigenvalue weighted by Crippen LogP contribution is 2.28. The Morgan fingerprint density at radius 3 is 1.50 bits per heavy atom. The van der Waals surface area contributed by atoms with E-state index in [0.29, 0.717) is 0 Å². The summed E-state index contributed by atoms with van der Waals surface area (Å²) in [6.45, 7) is 2.29. The topological polar surface area (TPSA) is 18.5 Å². The van der Waals surface area contributed by atoms with E-state index in [1.54, 1.807) is 14.2 Å².